The molecule has 1 aromatic carbocycles. The van der Waals surface area contributed by atoms with Gasteiger partial charge in [0.2, 0.25) is 0 Å². The average molecular weight is 420 g/mol. The molecule has 0 bridgehead atoms. The summed E-state index contributed by atoms with van der Waals surface area (Å²) in [5.41, 5.74) is 1.62. The Hall–Kier alpha value is -2.28. The van der Waals surface area contributed by atoms with Crippen molar-refractivity contribution in [1.29, 1.82) is 0 Å². The van der Waals surface area contributed by atoms with Gasteiger partial charge in [-0.15, -0.1) is 0 Å². The number of benzene rings is 1. The number of rotatable bonds is 3. The third-order valence-corrected chi connectivity index (χ3v) is 5.68. The van der Waals surface area contributed by atoms with Gasteiger partial charge in [-0.2, -0.15) is 0 Å². The van der Waals surface area contributed by atoms with Crippen molar-refractivity contribution in [2.45, 2.75) is 65.3 Å². The minimum Gasteiger partial charge on any atom is -0.507 e. The molecule has 6 nitrogen and oxygen atoms in total. The number of esters is 1. The number of imide groups is 1. The van der Waals surface area contributed by atoms with E-state index < -0.39 is 23.2 Å². The highest BCUT2D eigenvalue weighted by atomic mass is 32.2. The Kier molecular flexibility index (Phi) is 6.23. The number of aromatic hydroxyl groups is 1. The predicted octanol–water partition coefficient (Wildman–Crippen LogP) is 4.59. The molecule has 1 aliphatic heterocycles. The van der Waals surface area contributed by atoms with Gasteiger partial charge in [0, 0.05) is 11.1 Å². The smallest absolute Gasteiger partial charge is 0.328 e. The zero-order valence-electron chi connectivity index (χ0n) is 18.2. The standard InChI is InChI=1S/C22H29NO5S/c1-12(19(26)28-8)23-18(25)16(29-20(23)27)11-13-9-14(21(2,3)4)17(24)15(10-13)22(5,6)7/h9-12,24H,1-8H3/b16-11+/t12-/m1/s1. The van der Waals surface area contributed by atoms with E-state index in [1.807, 2.05) is 53.7 Å². The van der Waals surface area contributed by atoms with E-state index in [0.29, 0.717) is 5.56 Å². The van der Waals surface area contributed by atoms with Gasteiger partial charge in [0.15, 0.2) is 0 Å². The molecule has 158 valence electrons. The third-order valence-electron chi connectivity index (χ3n) is 4.80. The lowest BCUT2D eigenvalue weighted by Crippen LogP contribution is -2.42. The lowest BCUT2D eigenvalue weighted by molar-refractivity contribution is -0.148. The van der Waals surface area contributed by atoms with Crippen LogP contribution < -0.4 is 0 Å². The van der Waals surface area contributed by atoms with Gasteiger partial charge in [-0.05, 0) is 53.3 Å². The van der Waals surface area contributed by atoms with Gasteiger partial charge in [0.25, 0.3) is 11.1 Å². The molecule has 2 rings (SSSR count). The number of carbonyl (C=O) groups is 3. The van der Waals surface area contributed by atoms with Crippen molar-refractivity contribution in [1.82, 2.24) is 4.90 Å². The van der Waals surface area contributed by atoms with E-state index in [4.69, 9.17) is 0 Å². The van der Waals surface area contributed by atoms with Gasteiger partial charge >= 0.3 is 5.97 Å². The van der Waals surface area contributed by atoms with Crippen molar-refractivity contribution in [3.05, 3.63) is 33.7 Å². The lowest BCUT2D eigenvalue weighted by Gasteiger charge is -2.28. The first-order valence-corrected chi connectivity index (χ1v) is 10.2. The van der Waals surface area contributed by atoms with Crippen molar-refractivity contribution >= 4 is 35.0 Å². The molecule has 0 saturated carbocycles. The topological polar surface area (TPSA) is 83.9 Å². The quantitative estimate of drug-likeness (QED) is 0.570. The van der Waals surface area contributed by atoms with Gasteiger partial charge in [0.1, 0.15) is 11.8 Å². The van der Waals surface area contributed by atoms with Crippen molar-refractivity contribution in [3.63, 3.8) is 0 Å². The molecule has 29 heavy (non-hydrogen) atoms. The summed E-state index contributed by atoms with van der Waals surface area (Å²) in [7, 11) is 1.21. The maximum atomic E-state index is 12.8. The summed E-state index contributed by atoms with van der Waals surface area (Å²) in [6, 6.07) is 2.68. The monoisotopic (exact) mass is 419 g/mol. The number of hydrogen-bond donors (Lipinski definition) is 1. The molecular weight excluding hydrogens is 390 g/mol. The predicted molar refractivity (Wildman–Crippen MR) is 115 cm³/mol. The summed E-state index contributed by atoms with van der Waals surface area (Å²) < 4.78 is 4.65. The van der Waals surface area contributed by atoms with Gasteiger partial charge in [-0.3, -0.25) is 14.5 Å². The molecule has 0 aromatic heterocycles. The van der Waals surface area contributed by atoms with Crippen LogP contribution in [-0.4, -0.2) is 40.3 Å². The largest absolute Gasteiger partial charge is 0.507 e. The highest BCUT2D eigenvalue weighted by molar-refractivity contribution is 8.18. The molecule has 2 amide bonds. The second-order valence-corrected chi connectivity index (χ2v) is 10.2. The Morgan fingerprint density at radius 1 is 1.10 bits per heavy atom. The molecule has 1 N–H and O–H groups in total. The fourth-order valence-electron chi connectivity index (χ4n) is 3.12. The van der Waals surface area contributed by atoms with E-state index in [1.165, 1.54) is 14.0 Å². The normalized spacial score (nSPS) is 17.8. The number of ether oxygens (including phenoxy) is 1. The van der Waals surface area contributed by atoms with Crippen LogP contribution in [0.5, 0.6) is 5.75 Å². The minimum atomic E-state index is -0.992. The zero-order valence-corrected chi connectivity index (χ0v) is 19.1. The van der Waals surface area contributed by atoms with Crippen LogP contribution in [0, 0.1) is 0 Å². The molecule has 1 saturated heterocycles. The first-order chi connectivity index (χ1) is 13.2. The lowest BCUT2D eigenvalue weighted by atomic mass is 9.78. The number of nitrogens with zero attached hydrogens (tertiary/aromatic N) is 1. The number of phenols is 1. The molecule has 1 aliphatic rings. The van der Waals surface area contributed by atoms with E-state index in [9.17, 15) is 19.5 Å². The first-order valence-electron chi connectivity index (χ1n) is 9.41. The maximum Gasteiger partial charge on any atom is 0.328 e. The van der Waals surface area contributed by atoms with Gasteiger partial charge in [-0.25, -0.2) is 4.79 Å². The summed E-state index contributed by atoms with van der Waals surface area (Å²) in [5, 5.41) is 10.3. The number of carbonyl (C=O) groups excluding carboxylic acids is 3. The van der Waals surface area contributed by atoms with Crippen molar-refractivity contribution in [2.75, 3.05) is 7.11 Å². The van der Waals surface area contributed by atoms with Crippen LogP contribution in [-0.2, 0) is 25.2 Å². The van der Waals surface area contributed by atoms with Crippen LogP contribution in [0.2, 0.25) is 0 Å². The summed E-state index contributed by atoms with van der Waals surface area (Å²) in [6.45, 7) is 13.5. The Morgan fingerprint density at radius 2 is 1.59 bits per heavy atom. The molecule has 0 radical (unpaired) electrons. The van der Waals surface area contributed by atoms with E-state index in [-0.39, 0.29) is 21.5 Å². The summed E-state index contributed by atoms with van der Waals surface area (Å²) in [4.78, 5) is 38.0. The number of phenolic OH excluding ortho intramolecular Hbond substituents is 1. The Labute approximate surface area is 176 Å². The number of amides is 2. The SMILES string of the molecule is COC(=O)[C@@H](C)N1C(=O)S/C(=C/c2cc(C(C)(C)C)c(O)c(C(C)(C)C)c2)C1=O. The Balaban J connectivity index is 2.56. The second kappa shape index (κ2) is 7.86. The molecule has 1 fully saturated rings. The molecule has 1 aromatic rings. The fourth-order valence-corrected chi connectivity index (χ4v) is 4.03. The van der Waals surface area contributed by atoms with Crippen LogP contribution in [0.15, 0.2) is 17.0 Å². The molecule has 1 atom stereocenters. The van der Waals surface area contributed by atoms with Crippen molar-refractivity contribution in [2.24, 2.45) is 0 Å². The Bertz CT molecular complexity index is 854. The average Bonchev–Trinajstić information content (AvgIpc) is 2.86. The third kappa shape index (κ3) is 4.66. The zero-order chi connectivity index (χ0) is 22.3. The van der Waals surface area contributed by atoms with E-state index in [2.05, 4.69) is 4.74 Å². The van der Waals surface area contributed by atoms with Crippen molar-refractivity contribution in [3.8, 4) is 5.75 Å². The van der Waals surface area contributed by atoms with E-state index in [0.717, 1.165) is 27.8 Å². The van der Waals surface area contributed by atoms with Crippen molar-refractivity contribution < 1.29 is 24.2 Å². The molecule has 0 unspecified atom stereocenters. The van der Waals surface area contributed by atoms with Crippen LogP contribution in [0.25, 0.3) is 6.08 Å². The van der Waals surface area contributed by atoms with Crippen LogP contribution in [0.3, 0.4) is 0 Å². The molecule has 0 spiro atoms. The molecular formula is C22H29NO5S. The van der Waals surface area contributed by atoms with Gasteiger partial charge < -0.3 is 9.84 Å². The number of thioether (sulfide) groups is 1. The van der Waals surface area contributed by atoms with Gasteiger partial charge in [-0.1, -0.05) is 41.5 Å². The maximum absolute atomic E-state index is 12.8. The number of methoxy groups -OCH3 is 1. The minimum absolute atomic E-state index is 0.233. The number of hydrogen-bond acceptors (Lipinski definition) is 6. The van der Waals surface area contributed by atoms with Crippen LogP contribution in [0.4, 0.5) is 4.79 Å². The summed E-state index contributed by atoms with van der Waals surface area (Å²) in [6.07, 6.45) is 1.64. The summed E-state index contributed by atoms with van der Waals surface area (Å²) >= 11 is 0.792. The molecule has 1 heterocycles. The Morgan fingerprint density at radius 3 is 2.00 bits per heavy atom. The van der Waals surface area contributed by atoms with E-state index in [1.54, 1.807) is 6.08 Å². The van der Waals surface area contributed by atoms with E-state index >= 15 is 0 Å². The highest BCUT2D eigenvalue weighted by Gasteiger charge is 2.41. The molecule has 0 aliphatic carbocycles. The fraction of sp³-hybridized carbons (Fsp3) is 0.500. The second-order valence-electron chi connectivity index (χ2n) is 9.22. The van der Waals surface area contributed by atoms with Crippen LogP contribution in [0.1, 0.15) is 65.2 Å². The summed E-state index contributed by atoms with van der Waals surface area (Å²) in [5.74, 6) is -0.932. The van der Waals surface area contributed by atoms with Gasteiger partial charge in [0.05, 0.1) is 12.0 Å². The first kappa shape index (κ1) is 23.0. The molecule has 7 heteroatoms. The van der Waals surface area contributed by atoms with Crippen LogP contribution >= 0.6 is 11.8 Å². The highest BCUT2D eigenvalue weighted by Crippen LogP contribution is 2.41.